The molecular formula is C10H12ClNO3. The Kier molecular flexibility index (Phi) is 3.42. The summed E-state index contributed by atoms with van der Waals surface area (Å²) in [5, 5.41) is 12.4. The third-order valence-electron chi connectivity index (χ3n) is 2.32. The monoisotopic (exact) mass is 229 g/mol. The number of halogens is 1. The Labute approximate surface area is 93.7 Å². The first-order valence-electron chi connectivity index (χ1n) is 4.40. The van der Waals surface area contributed by atoms with Crippen molar-refractivity contribution in [1.82, 2.24) is 5.32 Å². The number of carbonyl (C=O) groups is 1. The number of ether oxygens (including phenoxy) is 1. The fourth-order valence-electron chi connectivity index (χ4n) is 1.51. The topological polar surface area (TPSA) is 58.6 Å². The molecule has 1 aliphatic rings. The zero-order valence-electron chi connectivity index (χ0n) is 8.19. The van der Waals surface area contributed by atoms with Crippen molar-refractivity contribution in [2.24, 2.45) is 0 Å². The van der Waals surface area contributed by atoms with Crippen LogP contribution in [0.3, 0.4) is 0 Å². The molecule has 0 unspecified atom stereocenters. The summed E-state index contributed by atoms with van der Waals surface area (Å²) >= 11 is 0. The molecule has 15 heavy (non-hydrogen) atoms. The number of benzene rings is 1. The van der Waals surface area contributed by atoms with Crippen LogP contribution in [0.5, 0.6) is 5.75 Å². The number of hydrogen-bond donors (Lipinski definition) is 2. The van der Waals surface area contributed by atoms with E-state index in [1.807, 2.05) is 19.1 Å². The average molecular weight is 230 g/mol. The molecule has 2 rings (SSSR count). The third-order valence-corrected chi connectivity index (χ3v) is 2.32. The highest BCUT2D eigenvalue weighted by molar-refractivity contribution is 5.85. The van der Waals surface area contributed by atoms with E-state index in [0.29, 0.717) is 5.56 Å². The van der Waals surface area contributed by atoms with Crippen LogP contribution in [0, 0.1) is 6.92 Å². The number of phenolic OH excluding ortho intramolecular Hbond substituents is 1. The number of aryl methyl sites for hydroxylation is 1. The van der Waals surface area contributed by atoms with Gasteiger partial charge in [-0.2, -0.15) is 0 Å². The molecule has 1 heterocycles. The molecule has 0 aromatic heterocycles. The van der Waals surface area contributed by atoms with Crippen LogP contribution in [0.2, 0.25) is 0 Å². The number of alkyl carbamates (subject to hydrolysis) is 1. The zero-order valence-corrected chi connectivity index (χ0v) is 9.00. The van der Waals surface area contributed by atoms with Crippen molar-refractivity contribution in [2.45, 2.75) is 13.0 Å². The molecule has 0 aliphatic carbocycles. The first-order chi connectivity index (χ1) is 6.68. The van der Waals surface area contributed by atoms with Gasteiger partial charge in [-0.05, 0) is 12.5 Å². The van der Waals surface area contributed by atoms with Gasteiger partial charge in [0.2, 0.25) is 0 Å². The van der Waals surface area contributed by atoms with Crippen LogP contribution >= 0.6 is 12.4 Å². The first kappa shape index (κ1) is 11.7. The zero-order chi connectivity index (χ0) is 10.1. The van der Waals surface area contributed by atoms with Crippen molar-refractivity contribution in [2.75, 3.05) is 6.61 Å². The van der Waals surface area contributed by atoms with E-state index in [2.05, 4.69) is 5.32 Å². The van der Waals surface area contributed by atoms with Crippen LogP contribution in [0.25, 0.3) is 0 Å². The van der Waals surface area contributed by atoms with Gasteiger partial charge in [0.05, 0.1) is 6.04 Å². The second-order valence-corrected chi connectivity index (χ2v) is 3.31. The number of amides is 1. The van der Waals surface area contributed by atoms with E-state index < -0.39 is 6.09 Å². The molecule has 0 saturated carbocycles. The number of phenols is 1. The Morgan fingerprint density at radius 2 is 2.27 bits per heavy atom. The number of hydrogen-bond acceptors (Lipinski definition) is 3. The molecule has 0 bridgehead atoms. The summed E-state index contributed by atoms with van der Waals surface area (Å²) < 4.78 is 4.75. The van der Waals surface area contributed by atoms with E-state index in [0.717, 1.165) is 5.56 Å². The Morgan fingerprint density at radius 3 is 2.87 bits per heavy atom. The van der Waals surface area contributed by atoms with Gasteiger partial charge in [0, 0.05) is 5.56 Å². The maximum Gasteiger partial charge on any atom is 0.407 e. The number of para-hydroxylation sites is 1. The van der Waals surface area contributed by atoms with Gasteiger partial charge in [-0.1, -0.05) is 18.2 Å². The van der Waals surface area contributed by atoms with Crippen molar-refractivity contribution in [1.29, 1.82) is 0 Å². The molecule has 1 aliphatic heterocycles. The fraction of sp³-hybridized carbons (Fsp3) is 0.300. The lowest BCUT2D eigenvalue weighted by Crippen LogP contribution is -2.18. The minimum absolute atomic E-state index is 0. The maximum absolute atomic E-state index is 10.8. The lowest BCUT2D eigenvalue weighted by Gasteiger charge is -2.11. The number of cyclic esters (lactones) is 1. The van der Waals surface area contributed by atoms with Crippen LogP contribution in [0.15, 0.2) is 18.2 Å². The van der Waals surface area contributed by atoms with Crippen molar-refractivity contribution in [3.63, 3.8) is 0 Å². The van der Waals surface area contributed by atoms with Crippen LogP contribution in [0.1, 0.15) is 17.2 Å². The van der Waals surface area contributed by atoms with Gasteiger partial charge in [0.1, 0.15) is 12.4 Å². The van der Waals surface area contributed by atoms with E-state index in [1.54, 1.807) is 6.07 Å². The van der Waals surface area contributed by atoms with Gasteiger partial charge < -0.3 is 15.2 Å². The molecule has 2 N–H and O–H groups in total. The van der Waals surface area contributed by atoms with Gasteiger partial charge >= 0.3 is 6.09 Å². The molecule has 1 amide bonds. The van der Waals surface area contributed by atoms with Crippen molar-refractivity contribution in [3.05, 3.63) is 29.3 Å². The Hall–Kier alpha value is -1.42. The summed E-state index contributed by atoms with van der Waals surface area (Å²) in [5.74, 6) is 0.225. The molecule has 82 valence electrons. The van der Waals surface area contributed by atoms with Crippen LogP contribution in [-0.4, -0.2) is 17.8 Å². The quantitative estimate of drug-likeness (QED) is 0.773. The second-order valence-electron chi connectivity index (χ2n) is 3.31. The highest BCUT2D eigenvalue weighted by Gasteiger charge is 2.26. The van der Waals surface area contributed by atoms with Gasteiger partial charge in [0.15, 0.2) is 0 Å². The second kappa shape index (κ2) is 4.40. The molecule has 1 aromatic rings. The van der Waals surface area contributed by atoms with Crippen LogP contribution < -0.4 is 5.32 Å². The van der Waals surface area contributed by atoms with Gasteiger partial charge in [-0.15, -0.1) is 12.4 Å². The molecule has 4 nitrogen and oxygen atoms in total. The van der Waals surface area contributed by atoms with E-state index in [9.17, 15) is 9.90 Å². The molecule has 0 spiro atoms. The highest BCUT2D eigenvalue weighted by Crippen LogP contribution is 2.29. The minimum Gasteiger partial charge on any atom is -0.507 e. The van der Waals surface area contributed by atoms with E-state index in [-0.39, 0.29) is 30.8 Å². The number of nitrogens with one attached hydrogen (secondary N) is 1. The first-order valence-corrected chi connectivity index (χ1v) is 4.40. The van der Waals surface area contributed by atoms with E-state index in [1.165, 1.54) is 0 Å². The highest BCUT2D eigenvalue weighted by atomic mass is 35.5. The van der Waals surface area contributed by atoms with Crippen molar-refractivity contribution < 1.29 is 14.6 Å². The Morgan fingerprint density at radius 1 is 1.53 bits per heavy atom. The lowest BCUT2D eigenvalue weighted by atomic mass is 10.0. The molecule has 5 heteroatoms. The Bertz CT molecular complexity index is 381. The largest absolute Gasteiger partial charge is 0.507 e. The smallest absolute Gasteiger partial charge is 0.407 e. The summed E-state index contributed by atoms with van der Waals surface area (Å²) in [7, 11) is 0. The molecule has 1 atom stereocenters. The van der Waals surface area contributed by atoms with E-state index in [4.69, 9.17) is 4.74 Å². The molecular weight excluding hydrogens is 218 g/mol. The van der Waals surface area contributed by atoms with Crippen molar-refractivity contribution in [3.8, 4) is 5.75 Å². The Balaban J connectivity index is 0.00000112. The minimum atomic E-state index is -0.434. The van der Waals surface area contributed by atoms with Crippen LogP contribution in [-0.2, 0) is 4.74 Å². The van der Waals surface area contributed by atoms with E-state index >= 15 is 0 Å². The number of carbonyl (C=O) groups excluding carboxylic acids is 1. The normalized spacial score (nSPS) is 19.0. The lowest BCUT2D eigenvalue weighted by molar-refractivity contribution is 0.177. The van der Waals surface area contributed by atoms with Gasteiger partial charge in [-0.3, -0.25) is 0 Å². The third kappa shape index (κ3) is 2.15. The van der Waals surface area contributed by atoms with Crippen LogP contribution in [0.4, 0.5) is 4.79 Å². The van der Waals surface area contributed by atoms with Crippen molar-refractivity contribution >= 4 is 18.5 Å². The fourth-order valence-corrected chi connectivity index (χ4v) is 1.51. The molecule has 1 fully saturated rings. The standard InChI is InChI=1S/C10H11NO3.ClH/c1-6-3-2-4-7(9(6)12)8-5-14-10(13)11-8;/h2-4,8,12H,5H2,1H3,(H,11,13);1H/t8-;/m0./s1. The SMILES string of the molecule is Cc1cccc([C@@H]2COC(=O)N2)c1O.Cl. The molecule has 1 saturated heterocycles. The number of rotatable bonds is 1. The van der Waals surface area contributed by atoms with Gasteiger partial charge in [0.25, 0.3) is 0 Å². The summed E-state index contributed by atoms with van der Waals surface area (Å²) in [5.41, 5.74) is 1.50. The predicted molar refractivity (Wildman–Crippen MR) is 57.3 cm³/mol. The molecule has 0 radical (unpaired) electrons. The summed E-state index contributed by atoms with van der Waals surface area (Å²) in [6, 6.07) is 5.20. The number of aromatic hydroxyl groups is 1. The summed E-state index contributed by atoms with van der Waals surface area (Å²) in [4.78, 5) is 10.8. The molecule has 1 aromatic carbocycles. The summed E-state index contributed by atoms with van der Waals surface area (Å²) in [6.07, 6.45) is -0.434. The summed E-state index contributed by atoms with van der Waals surface area (Å²) in [6.45, 7) is 2.09. The van der Waals surface area contributed by atoms with Gasteiger partial charge in [-0.25, -0.2) is 4.79 Å². The average Bonchev–Trinajstić information content (AvgIpc) is 2.57. The maximum atomic E-state index is 10.8. The predicted octanol–water partition coefficient (Wildman–Crippen LogP) is 1.90.